The Labute approximate surface area is 205 Å². The number of pyridine rings is 1. The molecule has 1 aliphatic rings. The van der Waals surface area contributed by atoms with Gasteiger partial charge in [-0.05, 0) is 29.8 Å². The van der Waals surface area contributed by atoms with Gasteiger partial charge < -0.3 is 9.88 Å². The van der Waals surface area contributed by atoms with Gasteiger partial charge in [-0.2, -0.15) is 0 Å². The lowest BCUT2D eigenvalue weighted by Gasteiger charge is -2.27. The van der Waals surface area contributed by atoms with E-state index in [-0.39, 0.29) is 17.2 Å². The fraction of sp³-hybridized carbons (Fsp3) is 0.185. The van der Waals surface area contributed by atoms with Crippen molar-refractivity contribution in [2.75, 3.05) is 12.3 Å². The highest BCUT2D eigenvalue weighted by molar-refractivity contribution is 7.99. The molecule has 174 valence electrons. The molecule has 0 saturated carbocycles. The number of aromatic nitrogens is 4. The Bertz CT molecular complexity index is 1610. The molecule has 0 atom stereocenters. The molecule has 7 nitrogen and oxygen atoms in total. The van der Waals surface area contributed by atoms with E-state index in [1.54, 1.807) is 23.0 Å². The lowest BCUT2D eigenvalue weighted by Crippen LogP contribution is -2.37. The Kier molecular flexibility index (Phi) is 5.58. The van der Waals surface area contributed by atoms with Gasteiger partial charge >= 0.3 is 0 Å². The van der Waals surface area contributed by atoms with Crippen molar-refractivity contribution in [1.82, 2.24) is 24.4 Å². The monoisotopic (exact) mass is 481 g/mol. The van der Waals surface area contributed by atoms with Crippen LogP contribution in [-0.4, -0.2) is 42.6 Å². The summed E-state index contributed by atoms with van der Waals surface area (Å²) >= 11 is 1.32. The van der Waals surface area contributed by atoms with Crippen LogP contribution in [0.4, 0.5) is 0 Å². The molecule has 5 aromatic rings. The Morgan fingerprint density at radius 1 is 1.03 bits per heavy atom. The number of hydrogen-bond donors (Lipinski definition) is 1. The first-order valence-electron chi connectivity index (χ1n) is 11.5. The molecular weight excluding hydrogens is 458 g/mol. The molecule has 0 aliphatic carbocycles. The summed E-state index contributed by atoms with van der Waals surface area (Å²) < 4.78 is 1.64. The first-order valence-corrected chi connectivity index (χ1v) is 12.5. The minimum atomic E-state index is -0.115. The molecule has 1 N–H and O–H groups in total. The van der Waals surface area contributed by atoms with E-state index in [0.29, 0.717) is 35.7 Å². The number of amides is 1. The van der Waals surface area contributed by atoms with Gasteiger partial charge in [-0.15, -0.1) is 0 Å². The van der Waals surface area contributed by atoms with Gasteiger partial charge in [0.05, 0.1) is 23.2 Å². The lowest BCUT2D eigenvalue weighted by atomic mass is 10.0. The van der Waals surface area contributed by atoms with Crippen LogP contribution in [0.3, 0.4) is 0 Å². The van der Waals surface area contributed by atoms with Crippen molar-refractivity contribution in [3.63, 3.8) is 0 Å². The number of aromatic amines is 1. The smallest absolute Gasteiger partial charge is 0.262 e. The predicted octanol–water partition coefficient (Wildman–Crippen LogP) is 4.00. The zero-order valence-corrected chi connectivity index (χ0v) is 19.8. The van der Waals surface area contributed by atoms with Crippen LogP contribution in [0.25, 0.3) is 21.8 Å². The van der Waals surface area contributed by atoms with Crippen LogP contribution in [-0.2, 0) is 24.3 Å². The number of carbonyl (C=O) groups excluding carboxylic acids is 1. The van der Waals surface area contributed by atoms with Crippen LogP contribution in [0.5, 0.6) is 0 Å². The summed E-state index contributed by atoms with van der Waals surface area (Å²) in [7, 11) is 0. The zero-order chi connectivity index (χ0) is 23.8. The number of carbonyl (C=O) groups is 1. The van der Waals surface area contributed by atoms with E-state index in [4.69, 9.17) is 4.98 Å². The van der Waals surface area contributed by atoms with Crippen molar-refractivity contribution in [2.24, 2.45) is 0 Å². The normalized spacial score (nSPS) is 13.3. The Morgan fingerprint density at radius 3 is 2.71 bits per heavy atom. The molecule has 0 bridgehead atoms. The van der Waals surface area contributed by atoms with E-state index < -0.39 is 0 Å². The summed E-state index contributed by atoms with van der Waals surface area (Å²) in [6, 6.07) is 19.3. The number of para-hydroxylation sites is 2. The number of H-pyrrole nitrogens is 1. The van der Waals surface area contributed by atoms with Crippen molar-refractivity contribution in [3.05, 3.63) is 100 Å². The van der Waals surface area contributed by atoms with Crippen LogP contribution in [0.1, 0.15) is 16.8 Å². The van der Waals surface area contributed by atoms with Gasteiger partial charge in [0, 0.05) is 54.1 Å². The van der Waals surface area contributed by atoms with Gasteiger partial charge in [0.2, 0.25) is 5.91 Å². The van der Waals surface area contributed by atoms with Crippen molar-refractivity contribution in [2.45, 2.75) is 24.7 Å². The summed E-state index contributed by atoms with van der Waals surface area (Å²) in [5, 5.41) is 2.28. The molecule has 0 spiro atoms. The molecule has 0 saturated heterocycles. The maximum Gasteiger partial charge on any atom is 0.262 e. The molecule has 6 rings (SSSR count). The average Bonchev–Trinajstić information content (AvgIpc) is 3.28. The second kappa shape index (κ2) is 9.03. The summed E-state index contributed by atoms with van der Waals surface area (Å²) in [4.78, 5) is 40.9. The quantitative estimate of drug-likeness (QED) is 0.303. The second-order valence-electron chi connectivity index (χ2n) is 8.65. The summed E-state index contributed by atoms with van der Waals surface area (Å²) in [6.07, 6.45) is 4.26. The van der Waals surface area contributed by atoms with Gasteiger partial charge in [-0.25, -0.2) is 4.98 Å². The topological polar surface area (TPSA) is 83.9 Å². The summed E-state index contributed by atoms with van der Waals surface area (Å²) in [6.45, 7) is 1.61. The molecule has 1 amide bonds. The van der Waals surface area contributed by atoms with Crippen LogP contribution in [0.15, 0.2) is 83.0 Å². The van der Waals surface area contributed by atoms with Crippen molar-refractivity contribution >= 4 is 39.5 Å². The molecule has 3 aromatic heterocycles. The molecule has 0 fully saturated rings. The third-order valence-corrected chi connectivity index (χ3v) is 7.41. The van der Waals surface area contributed by atoms with Gasteiger partial charge in [-0.3, -0.25) is 19.1 Å². The van der Waals surface area contributed by atoms with Gasteiger partial charge in [0.25, 0.3) is 5.56 Å². The molecule has 35 heavy (non-hydrogen) atoms. The van der Waals surface area contributed by atoms with E-state index in [1.165, 1.54) is 28.4 Å². The zero-order valence-electron chi connectivity index (χ0n) is 19.0. The largest absolute Gasteiger partial charge is 0.358 e. The molecule has 0 radical (unpaired) electrons. The minimum Gasteiger partial charge on any atom is -0.358 e. The minimum absolute atomic E-state index is 0.0428. The van der Waals surface area contributed by atoms with E-state index in [1.807, 2.05) is 47.4 Å². The molecule has 8 heteroatoms. The number of hydrogen-bond acceptors (Lipinski definition) is 5. The Morgan fingerprint density at radius 2 is 1.86 bits per heavy atom. The van der Waals surface area contributed by atoms with Crippen molar-refractivity contribution in [3.8, 4) is 0 Å². The number of nitrogens with zero attached hydrogens (tertiary/aromatic N) is 4. The van der Waals surface area contributed by atoms with Crippen LogP contribution < -0.4 is 5.56 Å². The molecule has 2 aromatic carbocycles. The fourth-order valence-electron chi connectivity index (χ4n) is 4.67. The first kappa shape index (κ1) is 21.6. The SMILES string of the molecule is O=C(CSc1nc2ccccc2c(=O)n1Cc1cccnc1)N1CCc2[nH]c3ccccc3c2C1. The van der Waals surface area contributed by atoms with E-state index in [9.17, 15) is 9.59 Å². The maximum absolute atomic E-state index is 13.3. The molecule has 1 aliphatic heterocycles. The number of fused-ring (bicyclic) bond motifs is 4. The number of benzene rings is 2. The molecular formula is C27H23N5O2S. The van der Waals surface area contributed by atoms with E-state index in [0.717, 1.165) is 17.5 Å². The third kappa shape index (κ3) is 4.10. The summed E-state index contributed by atoms with van der Waals surface area (Å²) in [5.74, 6) is 0.261. The predicted molar refractivity (Wildman–Crippen MR) is 137 cm³/mol. The Hall–Kier alpha value is -3.91. The molecule has 4 heterocycles. The van der Waals surface area contributed by atoms with Crippen LogP contribution >= 0.6 is 11.8 Å². The highest BCUT2D eigenvalue weighted by Crippen LogP contribution is 2.28. The van der Waals surface area contributed by atoms with Crippen LogP contribution in [0.2, 0.25) is 0 Å². The van der Waals surface area contributed by atoms with Crippen molar-refractivity contribution < 1.29 is 4.79 Å². The standard InChI is InChI=1S/C27H23N5O2S/c33-25(31-13-11-24-21(16-31)19-7-1-3-9-22(19)29-24)17-35-27-30-23-10-4-2-8-20(23)26(34)32(27)15-18-6-5-12-28-14-18/h1-10,12,14,29H,11,13,15-17H2. The summed E-state index contributed by atoms with van der Waals surface area (Å²) in [5.41, 5.74) is 4.95. The van der Waals surface area contributed by atoms with E-state index >= 15 is 0 Å². The average molecular weight is 482 g/mol. The maximum atomic E-state index is 13.3. The fourth-order valence-corrected chi connectivity index (χ4v) is 5.57. The second-order valence-corrected chi connectivity index (χ2v) is 9.59. The molecule has 0 unspecified atom stereocenters. The third-order valence-electron chi connectivity index (χ3n) is 6.45. The number of nitrogens with one attached hydrogen (secondary N) is 1. The highest BCUT2D eigenvalue weighted by atomic mass is 32.2. The number of thioether (sulfide) groups is 1. The van der Waals surface area contributed by atoms with Gasteiger partial charge in [0.15, 0.2) is 5.16 Å². The first-order chi connectivity index (χ1) is 17.2. The van der Waals surface area contributed by atoms with Crippen molar-refractivity contribution in [1.29, 1.82) is 0 Å². The lowest BCUT2D eigenvalue weighted by molar-refractivity contribution is -0.129. The Balaban J connectivity index is 1.26. The highest BCUT2D eigenvalue weighted by Gasteiger charge is 2.24. The van der Waals surface area contributed by atoms with E-state index in [2.05, 4.69) is 22.1 Å². The van der Waals surface area contributed by atoms with Gasteiger partial charge in [-0.1, -0.05) is 48.2 Å². The number of rotatable bonds is 5. The van der Waals surface area contributed by atoms with Crippen LogP contribution in [0, 0.1) is 0 Å². The van der Waals surface area contributed by atoms with Gasteiger partial charge in [0.1, 0.15) is 0 Å².